The molecule has 5 nitrogen and oxygen atoms in total. The van der Waals surface area contributed by atoms with Gasteiger partial charge < -0.3 is 5.73 Å². The van der Waals surface area contributed by atoms with E-state index in [1.165, 1.54) is 4.68 Å². The molecule has 0 aromatic carbocycles. The molecule has 0 spiro atoms. The van der Waals surface area contributed by atoms with Gasteiger partial charge in [0.2, 0.25) is 5.95 Å². The van der Waals surface area contributed by atoms with Crippen LogP contribution in [-0.2, 0) is 7.05 Å². The highest BCUT2D eigenvalue weighted by Gasteiger charge is 2.11. The summed E-state index contributed by atoms with van der Waals surface area (Å²) in [5.41, 5.74) is 6.71. The predicted octanol–water partition coefficient (Wildman–Crippen LogP) is 1.77. The van der Waals surface area contributed by atoms with E-state index in [1.54, 1.807) is 19.3 Å². The highest BCUT2D eigenvalue weighted by molar-refractivity contribution is 6.32. The molecule has 0 radical (unpaired) electrons. The Morgan fingerprint density at radius 2 is 2.07 bits per heavy atom. The minimum absolute atomic E-state index is 0.109. The largest absolute Gasteiger partial charge is 0.368 e. The fraction of sp³-hybridized carbons (Fsp3) is 0.125. The lowest BCUT2D eigenvalue weighted by atomic mass is 10.2. The third-order valence-corrected chi connectivity index (χ3v) is 2.50. The van der Waals surface area contributed by atoms with E-state index in [-0.39, 0.29) is 11.1 Å². The number of hydrogen-bond donors (Lipinski definition) is 1. The predicted molar refractivity (Wildman–Crippen MR) is 58.7 cm³/mol. The molecule has 0 amide bonds. The molecule has 78 valence electrons. The van der Waals surface area contributed by atoms with E-state index in [0.29, 0.717) is 16.4 Å². The molecule has 2 aromatic rings. The van der Waals surface area contributed by atoms with Crippen LogP contribution in [0.1, 0.15) is 0 Å². The van der Waals surface area contributed by atoms with Crippen LogP contribution in [0.4, 0.5) is 5.95 Å². The number of nitrogens with two attached hydrogens (primary N) is 1. The quantitative estimate of drug-likeness (QED) is 0.776. The van der Waals surface area contributed by atoms with Gasteiger partial charge in [0.05, 0.1) is 17.5 Å². The molecular formula is C8H7Cl2N5. The van der Waals surface area contributed by atoms with Gasteiger partial charge in [0, 0.05) is 13.1 Å². The summed E-state index contributed by atoms with van der Waals surface area (Å²) >= 11 is 11.8. The van der Waals surface area contributed by atoms with E-state index in [1.807, 2.05) is 0 Å². The van der Waals surface area contributed by atoms with Crippen molar-refractivity contribution < 1.29 is 0 Å². The summed E-state index contributed by atoms with van der Waals surface area (Å²) in [7, 11) is 1.73. The Labute approximate surface area is 95.8 Å². The summed E-state index contributed by atoms with van der Waals surface area (Å²) < 4.78 is 1.53. The smallest absolute Gasteiger partial charge is 0.221 e. The number of aryl methyl sites for hydroxylation is 1. The van der Waals surface area contributed by atoms with Crippen LogP contribution in [0.2, 0.25) is 10.3 Å². The van der Waals surface area contributed by atoms with E-state index >= 15 is 0 Å². The lowest BCUT2D eigenvalue weighted by molar-refractivity contribution is 0.769. The zero-order chi connectivity index (χ0) is 11.0. The maximum Gasteiger partial charge on any atom is 0.221 e. The second kappa shape index (κ2) is 3.67. The van der Waals surface area contributed by atoms with Gasteiger partial charge >= 0.3 is 0 Å². The zero-order valence-corrected chi connectivity index (χ0v) is 9.29. The molecule has 0 saturated heterocycles. The molecule has 0 unspecified atom stereocenters. The van der Waals surface area contributed by atoms with Gasteiger partial charge in [-0.3, -0.25) is 4.68 Å². The minimum atomic E-state index is 0.109. The minimum Gasteiger partial charge on any atom is -0.368 e. The molecule has 0 bridgehead atoms. The van der Waals surface area contributed by atoms with Gasteiger partial charge in [-0.2, -0.15) is 5.10 Å². The van der Waals surface area contributed by atoms with Crippen LogP contribution in [0.25, 0.3) is 11.3 Å². The first-order chi connectivity index (χ1) is 7.08. The summed E-state index contributed by atoms with van der Waals surface area (Å²) in [6.45, 7) is 0. The van der Waals surface area contributed by atoms with Gasteiger partial charge in [0.1, 0.15) is 10.3 Å². The van der Waals surface area contributed by atoms with Crippen molar-refractivity contribution in [2.45, 2.75) is 0 Å². The number of nitrogen functional groups attached to an aromatic ring is 1. The van der Waals surface area contributed by atoms with Gasteiger partial charge in [0.25, 0.3) is 0 Å². The number of anilines is 1. The molecule has 15 heavy (non-hydrogen) atoms. The molecular weight excluding hydrogens is 237 g/mol. The number of halogens is 2. The highest BCUT2D eigenvalue weighted by atomic mass is 35.5. The Kier molecular flexibility index (Phi) is 2.50. The molecule has 0 aliphatic rings. The molecule has 2 N–H and O–H groups in total. The summed E-state index contributed by atoms with van der Waals surface area (Å²) in [6.07, 6.45) is 1.60. The van der Waals surface area contributed by atoms with Crippen molar-refractivity contribution in [2.75, 3.05) is 5.73 Å². The first-order valence-electron chi connectivity index (χ1n) is 4.06. The zero-order valence-electron chi connectivity index (χ0n) is 7.78. The van der Waals surface area contributed by atoms with Crippen LogP contribution < -0.4 is 5.73 Å². The Hall–Kier alpha value is -1.33. The summed E-state index contributed by atoms with van der Waals surface area (Å²) in [6, 6.07) is 1.58. The fourth-order valence-corrected chi connectivity index (χ4v) is 1.55. The van der Waals surface area contributed by atoms with E-state index in [0.717, 1.165) is 0 Å². The van der Waals surface area contributed by atoms with Crippen molar-refractivity contribution in [3.05, 3.63) is 22.6 Å². The Morgan fingerprint density at radius 1 is 1.33 bits per heavy atom. The van der Waals surface area contributed by atoms with Crippen LogP contribution in [0.5, 0.6) is 0 Å². The molecule has 7 heteroatoms. The van der Waals surface area contributed by atoms with Gasteiger partial charge in [-0.1, -0.05) is 23.2 Å². The molecule has 2 aromatic heterocycles. The van der Waals surface area contributed by atoms with Crippen molar-refractivity contribution in [2.24, 2.45) is 7.05 Å². The monoisotopic (exact) mass is 243 g/mol. The van der Waals surface area contributed by atoms with Crippen LogP contribution in [0.15, 0.2) is 12.3 Å². The number of hydrogen-bond acceptors (Lipinski definition) is 4. The second-order valence-electron chi connectivity index (χ2n) is 2.91. The summed E-state index contributed by atoms with van der Waals surface area (Å²) in [5.74, 6) is 0.109. The SMILES string of the molecule is Cn1ncc(-c2cc(Cl)nc(N)n2)c1Cl. The summed E-state index contributed by atoms with van der Waals surface area (Å²) in [5, 5.41) is 4.74. The van der Waals surface area contributed by atoms with E-state index in [4.69, 9.17) is 28.9 Å². The average Bonchev–Trinajstić information content (AvgIpc) is 2.46. The van der Waals surface area contributed by atoms with E-state index in [2.05, 4.69) is 15.1 Å². The summed E-state index contributed by atoms with van der Waals surface area (Å²) in [4.78, 5) is 7.78. The van der Waals surface area contributed by atoms with Crippen LogP contribution >= 0.6 is 23.2 Å². The first kappa shape index (κ1) is 10.2. The molecule has 0 saturated carbocycles. The Bertz CT molecular complexity index is 487. The molecule has 0 atom stereocenters. The maximum absolute atomic E-state index is 6.00. The highest BCUT2D eigenvalue weighted by Crippen LogP contribution is 2.27. The molecule has 0 aliphatic carbocycles. The van der Waals surface area contributed by atoms with Gasteiger partial charge in [-0.05, 0) is 0 Å². The van der Waals surface area contributed by atoms with Crippen molar-refractivity contribution in [3.8, 4) is 11.3 Å². The average molecular weight is 244 g/mol. The van der Waals surface area contributed by atoms with Crippen molar-refractivity contribution >= 4 is 29.2 Å². The Morgan fingerprint density at radius 3 is 2.60 bits per heavy atom. The second-order valence-corrected chi connectivity index (χ2v) is 3.65. The fourth-order valence-electron chi connectivity index (χ4n) is 1.17. The van der Waals surface area contributed by atoms with Gasteiger partial charge in [0.15, 0.2) is 0 Å². The van der Waals surface area contributed by atoms with Crippen LogP contribution in [0, 0.1) is 0 Å². The van der Waals surface area contributed by atoms with E-state index < -0.39 is 0 Å². The number of nitrogens with zero attached hydrogens (tertiary/aromatic N) is 4. The van der Waals surface area contributed by atoms with Crippen LogP contribution in [0.3, 0.4) is 0 Å². The third-order valence-electron chi connectivity index (χ3n) is 1.85. The lowest BCUT2D eigenvalue weighted by Crippen LogP contribution is -1.96. The van der Waals surface area contributed by atoms with Crippen molar-refractivity contribution in [1.29, 1.82) is 0 Å². The van der Waals surface area contributed by atoms with Gasteiger partial charge in [-0.25, -0.2) is 9.97 Å². The number of rotatable bonds is 1. The first-order valence-corrected chi connectivity index (χ1v) is 4.81. The third kappa shape index (κ3) is 1.88. The lowest BCUT2D eigenvalue weighted by Gasteiger charge is -2.00. The van der Waals surface area contributed by atoms with Gasteiger partial charge in [-0.15, -0.1) is 0 Å². The molecule has 0 fully saturated rings. The maximum atomic E-state index is 6.00. The standard InChI is InChI=1S/C8H7Cl2N5/c1-15-7(10)4(3-12-15)5-2-6(9)14-8(11)13-5/h2-3H,1H3,(H2,11,13,14). The van der Waals surface area contributed by atoms with Crippen molar-refractivity contribution in [1.82, 2.24) is 19.7 Å². The number of aromatic nitrogens is 4. The topological polar surface area (TPSA) is 69.6 Å². The van der Waals surface area contributed by atoms with E-state index in [9.17, 15) is 0 Å². The Balaban J connectivity index is 2.58. The molecule has 2 heterocycles. The molecule has 2 rings (SSSR count). The molecule has 0 aliphatic heterocycles. The van der Waals surface area contributed by atoms with Crippen molar-refractivity contribution in [3.63, 3.8) is 0 Å². The van der Waals surface area contributed by atoms with Crippen LogP contribution in [-0.4, -0.2) is 19.7 Å². The normalized spacial score (nSPS) is 10.6.